The quantitative estimate of drug-likeness (QED) is 0.708. The second-order valence-corrected chi connectivity index (χ2v) is 6.55. The Bertz CT molecular complexity index is 996. The number of carbonyl (C=O) groups is 1. The molecule has 4 rings (SSSR count). The van der Waals surface area contributed by atoms with Gasteiger partial charge in [-0.15, -0.1) is 5.10 Å². The number of imidazole rings is 1. The molecule has 1 fully saturated rings. The second kappa shape index (κ2) is 5.83. The van der Waals surface area contributed by atoms with Crippen molar-refractivity contribution in [3.05, 3.63) is 24.0 Å². The average Bonchev–Trinajstić information content (AvgIpc) is 3.15. The highest BCUT2D eigenvalue weighted by molar-refractivity contribution is 7.20. The molecular formula is C14H12F3N7OS. The van der Waals surface area contributed by atoms with E-state index >= 15 is 0 Å². The first-order valence-corrected chi connectivity index (χ1v) is 8.39. The maximum absolute atomic E-state index is 13.1. The summed E-state index contributed by atoms with van der Waals surface area (Å²) < 4.78 is 40.6. The van der Waals surface area contributed by atoms with Gasteiger partial charge in [-0.05, 0) is 12.5 Å². The number of nitrogens with two attached hydrogens (primary N) is 1. The maximum atomic E-state index is 13.1. The summed E-state index contributed by atoms with van der Waals surface area (Å²) in [5.74, 6) is -0.592. The van der Waals surface area contributed by atoms with Crippen LogP contribution in [-0.4, -0.2) is 38.7 Å². The molecule has 1 aliphatic heterocycles. The van der Waals surface area contributed by atoms with Crippen molar-refractivity contribution in [3.8, 4) is 11.3 Å². The molecule has 0 bridgehead atoms. The SMILES string of the molecule is Nc1ncc(-c2cnc3sc(N4CCCNC4=O)nn23)cc1C(F)(F)F. The van der Waals surface area contributed by atoms with Crippen molar-refractivity contribution in [2.75, 3.05) is 23.7 Å². The van der Waals surface area contributed by atoms with Gasteiger partial charge in [0.25, 0.3) is 0 Å². The summed E-state index contributed by atoms with van der Waals surface area (Å²) in [7, 11) is 0. The number of alkyl halides is 3. The van der Waals surface area contributed by atoms with Crippen molar-refractivity contribution in [1.29, 1.82) is 0 Å². The minimum absolute atomic E-state index is 0.180. The number of aromatic nitrogens is 4. The fraction of sp³-hybridized carbons (Fsp3) is 0.286. The molecule has 12 heteroatoms. The molecule has 3 aromatic rings. The largest absolute Gasteiger partial charge is 0.419 e. The Kier molecular flexibility index (Phi) is 3.72. The van der Waals surface area contributed by atoms with Crippen LogP contribution in [0.4, 0.5) is 28.9 Å². The van der Waals surface area contributed by atoms with E-state index in [1.165, 1.54) is 33.1 Å². The summed E-state index contributed by atoms with van der Waals surface area (Å²) in [6.07, 6.45) is -1.19. The van der Waals surface area contributed by atoms with Gasteiger partial charge in [0.05, 0.1) is 17.5 Å². The average molecular weight is 383 g/mol. The number of halogens is 3. The van der Waals surface area contributed by atoms with E-state index in [-0.39, 0.29) is 11.6 Å². The Morgan fingerprint density at radius 3 is 2.81 bits per heavy atom. The van der Waals surface area contributed by atoms with Gasteiger partial charge in [0.15, 0.2) is 0 Å². The Morgan fingerprint density at radius 2 is 2.08 bits per heavy atom. The van der Waals surface area contributed by atoms with Crippen LogP contribution in [-0.2, 0) is 6.18 Å². The number of hydrogen-bond acceptors (Lipinski definition) is 6. The minimum atomic E-state index is -4.62. The van der Waals surface area contributed by atoms with Crippen LogP contribution in [0.15, 0.2) is 18.5 Å². The highest BCUT2D eigenvalue weighted by Gasteiger charge is 2.34. The van der Waals surface area contributed by atoms with Gasteiger partial charge in [0.2, 0.25) is 10.1 Å². The Hall–Kier alpha value is -2.89. The van der Waals surface area contributed by atoms with E-state index in [0.29, 0.717) is 28.9 Å². The van der Waals surface area contributed by atoms with Gasteiger partial charge >= 0.3 is 12.2 Å². The third-order valence-electron chi connectivity index (χ3n) is 3.91. The molecule has 0 saturated carbocycles. The molecule has 0 spiro atoms. The van der Waals surface area contributed by atoms with E-state index in [9.17, 15) is 18.0 Å². The van der Waals surface area contributed by atoms with Crippen LogP contribution in [0, 0.1) is 0 Å². The number of anilines is 2. The minimum Gasteiger partial charge on any atom is -0.383 e. The molecule has 0 atom stereocenters. The lowest BCUT2D eigenvalue weighted by Crippen LogP contribution is -2.46. The predicted octanol–water partition coefficient (Wildman–Crippen LogP) is 2.37. The standard InChI is InChI=1S/C14H12F3N7OS/c15-14(16,17)8-4-7(5-20-10(8)18)9-6-21-12-24(9)22-13(26-12)23-3-1-2-19-11(23)25/h4-6H,1-3H2,(H2,18,20)(H,19,25). The van der Waals surface area contributed by atoms with E-state index in [0.717, 1.165) is 12.5 Å². The zero-order valence-corrected chi connectivity index (χ0v) is 13.9. The predicted molar refractivity (Wildman–Crippen MR) is 88.9 cm³/mol. The second-order valence-electron chi connectivity index (χ2n) is 5.61. The monoisotopic (exact) mass is 383 g/mol. The van der Waals surface area contributed by atoms with Gasteiger partial charge in [-0.1, -0.05) is 11.3 Å². The van der Waals surface area contributed by atoms with Crippen LogP contribution >= 0.6 is 11.3 Å². The van der Waals surface area contributed by atoms with E-state index < -0.39 is 17.6 Å². The summed E-state index contributed by atoms with van der Waals surface area (Å²) >= 11 is 1.17. The van der Waals surface area contributed by atoms with Crippen molar-refractivity contribution in [1.82, 2.24) is 24.9 Å². The number of nitrogens with zero attached hydrogens (tertiary/aromatic N) is 5. The molecule has 3 aromatic heterocycles. The lowest BCUT2D eigenvalue weighted by molar-refractivity contribution is -0.137. The smallest absolute Gasteiger partial charge is 0.383 e. The van der Waals surface area contributed by atoms with Crippen molar-refractivity contribution in [2.45, 2.75) is 12.6 Å². The topological polar surface area (TPSA) is 101 Å². The van der Waals surface area contributed by atoms with Crippen LogP contribution < -0.4 is 16.0 Å². The van der Waals surface area contributed by atoms with Gasteiger partial charge in [-0.25, -0.2) is 19.3 Å². The molecule has 0 aliphatic carbocycles. The summed E-state index contributed by atoms with van der Waals surface area (Å²) in [4.78, 5) is 21.7. The Labute approximate surface area is 148 Å². The van der Waals surface area contributed by atoms with Crippen molar-refractivity contribution in [2.24, 2.45) is 0 Å². The van der Waals surface area contributed by atoms with Gasteiger partial charge in [0.1, 0.15) is 5.82 Å². The van der Waals surface area contributed by atoms with E-state index in [4.69, 9.17) is 5.73 Å². The number of nitrogen functional groups attached to an aromatic ring is 1. The third-order valence-corrected chi connectivity index (χ3v) is 4.85. The van der Waals surface area contributed by atoms with Gasteiger partial charge in [-0.2, -0.15) is 13.2 Å². The number of hydrogen-bond donors (Lipinski definition) is 2. The van der Waals surface area contributed by atoms with Gasteiger partial charge in [0, 0.05) is 24.8 Å². The number of fused-ring (bicyclic) bond motifs is 1. The Morgan fingerprint density at radius 1 is 1.27 bits per heavy atom. The van der Waals surface area contributed by atoms with Gasteiger partial charge in [-0.3, -0.25) is 4.90 Å². The maximum Gasteiger partial charge on any atom is 0.419 e. The van der Waals surface area contributed by atoms with Crippen LogP contribution in [0.1, 0.15) is 12.0 Å². The lowest BCUT2D eigenvalue weighted by atomic mass is 10.1. The molecule has 0 aromatic carbocycles. The summed E-state index contributed by atoms with van der Waals surface area (Å²) in [5.41, 5.74) is 4.83. The summed E-state index contributed by atoms with van der Waals surface area (Å²) in [5, 5.41) is 7.48. The first-order valence-electron chi connectivity index (χ1n) is 7.57. The molecule has 26 heavy (non-hydrogen) atoms. The Balaban J connectivity index is 1.77. The van der Waals surface area contributed by atoms with Crippen LogP contribution in [0.25, 0.3) is 16.2 Å². The number of nitrogens with one attached hydrogen (secondary N) is 1. The third kappa shape index (κ3) is 2.71. The number of urea groups is 1. The normalized spacial score (nSPS) is 15.5. The molecule has 136 valence electrons. The lowest BCUT2D eigenvalue weighted by Gasteiger charge is -2.24. The van der Waals surface area contributed by atoms with Gasteiger partial charge < -0.3 is 11.1 Å². The molecule has 1 aliphatic rings. The van der Waals surface area contributed by atoms with Crippen molar-refractivity contribution < 1.29 is 18.0 Å². The molecule has 3 N–H and O–H groups in total. The zero-order valence-electron chi connectivity index (χ0n) is 13.1. The molecule has 2 amide bonds. The number of carbonyl (C=O) groups excluding carboxylic acids is 1. The highest BCUT2D eigenvalue weighted by atomic mass is 32.1. The highest BCUT2D eigenvalue weighted by Crippen LogP contribution is 2.36. The van der Waals surface area contributed by atoms with E-state index in [1.807, 2.05) is 0 Å². The molecule has 4 heterocycles. The fourth-order valence-electron chi connectivity index (χ4n) is 2.64. The summed E-state index contributed by atoms with van der Waals surface area (Å²) in [6, 6.07) is 0.654. The number of amides is 2. The molecule has 0 unspecified atom stereocenters. The number of pyridine rings is 1. The van der Waals surface area contributed by atoms with Crippen molar-refractivity contribution in [3.63, 3.8) is 0 Å². The zero-order chi connectivity index (χ0) is 18.5. The summed E-state index contributed by atoms with van der Waals surface area (Å²) in [6.45, 7) is 1.11. The van der Waals surface area contributed by atoms with Crippen LogP contribution in [0.2, 0.25) is 0 Å². The number of rotatable bonds is 2. The fourth-order valence-corrected chi connectivity index (χ4v) is 3.54. The first kappa shape index (κ1) is 16.6. The molecule has 8 nitrogen and oxygen atoms in total. The molecule has 0 radical (unpaired) electrons. The molecular weight excluding hydrogens is 371 g/mol. The van der Waals surface area contributed by atoms with Crippen LogP contribution in [0.5, 0.6) is 0 Å². The van der Waals surface area contributed by atoms with E-state index in [2.05, 4.69) is 20.4 Å². The first-order chi connectivity index (χ1) is 12.3. The van der Waals surface area contributed by atoms with Crippen molar-refractivity contribution >= 4 is 33.3 Å². The van der Waals surface area contributed by atoms with Crippen LogP contribution in [0.3, 0.4) is 0 Å². The molecule has 1 saturated heterocycles. The van der Waals surface area contributed by atoms with E-state index in [1.54, 1.807) is 0 Å².